The molecule has 0 aliphatic heterocycles. The number of pyridine rings is 1. The molecule has 0 bridgehead atoms. The first-order chi connectivity index (χ1) is 7.70. The summed E-state index contributed by atoms with van der Waals surface area (Å²) in [5.41, 5.74) is 0. The molecule has 0 aliphatic rings. The van der Waals surface area contributed by atoms with Gasteiger partial charge >= 0.3 is 6.18 Å². The van der Waals surface area contributed by atoms with E-state index in [-0.39, 0.29) is 10.7 Å². The molecule has 96 valence electrons. The lowest BCUT2D eigenvalue weighted by Crippen LogP contribution is -2.16. The van der Waals surface area contributed by atoms with E-state index in [0.29, 0.717) is 0 Å². The van der Waals surface area contributed by atoms with Crippen LogP contribution in [0.25, 0.3) is 0 Å². The van der Waals surface area contributed by atoms with Crippen LogP contribution in [0.1, 0.15) is 6.42 Å². The van der Waals surface area contributed by atoms with Crippen molar-refractivity contribution in [3.63, 3.8) is 0 Å². The molecule has 0 amide bonds. The van der Waals surface area contributed by atoms with Crippen LogP contribution in [0.2, 0.25) is 0 Å². The Morgan fingerprint density at radius 2 is 2.06 bits per heavy atom. The fraction of sp³-hybridized carbons (Fsp3) is 0.444. The molecule has 0 fully saturated rings. The fourth-order valence-electron chi connectivity index (χ4n) is 1.15. The Kier molecular flexibility index (Phi) is 3.97. The minimum Gasteiger partial charge on any atom is -0.369 e. The van der Waals surface area contributed by atoms with E-state index >= 15 is 0 Å². The molecule has 1 aromatic rings. The standard InChI is InChI=1S/C9H11F3N2O2S/c1-17(15,16)7-3-2-5-13-8(7)14-6-4-9(10,11)12/h2-3,5H,4,6H2,1H3,(H,13,14). The van der Waals surface area contributed by atoms with E-state index in [1.165, 1.54) is 18.3 Å². The van der Waals surface area contributed by atoms with Crippen molar-refractivity contribution in [3.8, 4) is 0 Å². The molecule has 0 spiro atoms. The maximum atomic E-state index is 11.9. The molecule has 0 atom stereocenters. The van der Waals surface area contributed by atoms with E-state index in [4.69, 9.17) is 0 Å². The summed E-state index contributed by atoms with van der Waals surface area (Å²) in [5.74, 6) is -0.0562. The smallest absolute Gasteiger partial charge is 0.369 e. The number of nitrogens with one attached hydrogen (secondary N) is 1. The predicted octanol–water partition coefficient (Wildman–Crippen LogP) is 1.85. The Bertz CT molecular complexity index is 485. The van der Waals surface area contributed by atoms with Gasteiger partial charge in [-0.15, -0.1) is 0 Å². The summed E-state index contributed by atoms with van der Waals surface area (Å²) in [5, 5.41) is 2.37. The van der Waals surface area contributed by atoms with Crippen molar-refractivity contribution < 1.29 is 21.6 Å². The molecule has 0 aliphatic carbocycles. The van der Waals surface area contributed by atoms with Crippen LogP contribution >= 0.6 is 0 Å². The summed E-state index contributed by atoms with van der Waals surface area (Å²) in [7, 11) is -3.51. The molecule has 1 aromatic heterocycles. The van der Waals surface area contributed by atoms with Gasteiger partial charge in [0.15, 0.2) is 9.84 Å². The quantitative estimate of drug-likeness (QED) is 0.905. The topological polar surface area (TPSA) is 59.1 Å². The summed E-state index contributed by atoms with van der Waals surface area (Å²) < 4.78 is 58.4. The Morgan fingerprint density at radius 3 is 2.59 bits per heavy atom. The van der Waals surface area contributed by atoms with E-state index in [9.17, 15) is 21.6 Å². The minimum atomic E-state index is -4.28. The normalized spacial score (nSPS) is 12.5. The van der Waals surface area contributed by atoms with Crippen LogP contribution in [-0.4, -0.2) is 32.4 Å². The first kappa shape index (κ1) is 13.8. The molecular weight excluding hydrogens is 257 g/mol. The number of aromatic nitrogens is 1. The van der Waals surface area contributed by atoms with Gasteiger partial charge in [0.25, 0.3) is 0 Å². The van der Waals surface area contributed by atoms with E-state index in [1.54, 1.807) is 0 Å². The van der Waals surface area contributed by atoms with Crippen LogP contribution in [-0.2, 0) is 9.84 Å². The second-order valence-corrected chi connectivity index (χ2v) is 5.40. The third kappa shape index (κ3) is 4.59. The lowest BCUT2D eigenvalue weighted by molar-refractivity contribution is -0.131. The molecule has 0 unspecified atom stereocenters. The first-order valence-corrected chi connectivity index (χ1v) is 6.55. The van der Waals surface area contributed by atoms with Crippen molar-refractivity contribution in [1.82, 2.24) is 4.98 Å². The Labute approximate surface area is 96.8 Å². The van der Waals surface area contributed by atoms with Gasteiger partial charge in [-0.25, -0.2) is 13.4 Å². The van der Waals surface area contributed by atoms with Gasteiger partial charge in [-0.05, 0) is 12.1 Å². The second-order valence-electron chi connectivity index (χ2n) is 3.41. The van der Waals surface area contributed by atoms with Crippen LogP contribution in [0.15, 0.2) is 23.2 Å². The highest BCUT2D eigenvalue weighted by molar-refractivity contribution is 7.90. The Hall–Kier alpha value is -1.31. The van der Waals surface area contributed by atoms with Crippen LogP contribution in [0.4, 0.5) is 19.0 Å². The number of sulfone groups is 1. The van der Waals surface area contributed by atoms with Crippen molar-refractivity contribution in [3.05, 3.63) is 18.3 Å². The lowest BCUT2D eigenvalue weighted by atomic mass is 10.4. The average Bonchev–Trinajstić information content (AvgIpc) is 2.15. The molecule has 17 heavy (non-hydrogen) atoms. The van der Waals surface area contributed by atoms with Gasteiger partial charge in [0.2, 0.25) is 0 Å². The average molecular weight is 268 g/mol. The van der Waals surface area contributed by atoms with E-state index < -0.39 is 29.0 Å². The summed E-state index contributed by atoms with van der Waals surface area (Å²) in [6.07, 6.45) is -3.05. The highest BCUT2D eigenvalue weighted by Gasteiger charge is 2.26. The van der Waals surface area contributed by atoms with E-state index in [0.717, 1.165) is 6.26 Å². The number of hydrogen-bond donors (Lipinski definition) is 1. The highest BCUT2D eigenvalue weighted by atomic mass is 32.2. The predicted molar refractivity (Wildman–Crippen MR) is 56.5 cm³/mol. The van der Waals surface area contributed by atoms with Gasteiger partial charge in [0.05, 0.1) is 6.42 Å². The lowest BCUT2D eigenvalue weighted by Gasteiger charge is -2.10. The molecule has 0 saturated carbocycles. The van der Waals surface area contributed by atoms with Crippen LogP contribution in [0.3, 0.4) is 0 Å². The minimum absolute atomic E-state index is 0.0562. The third-order valence-electron chi connectivity index (χ3n) is 1.87. The third-order valence-corrected chi connectivity index (χ3v) is 3.00. The molecule has 0 saturated heterocycles. The van der Waals surface area contributed by atoms with Gasteiger partial charge in [-0.2, -0.15) is 13.2 Å². The summed E-state index contributed by atoms with van der Waals surface area (Å²) in [4.78, 5) is 3.60. The molecule has 1 N–H and O–H groups in total. The number of halogens is 3. The monoisotopic (exact) mass is 268 g/mol. The van der Waals surface area contributed by atoms with Crippen molar-refractivity contribution in [2.45, 2.75) is 17.5 Å². The van der Waals surface area contributed by atoms with E-state index in [1.807, 2.05) is 0 Å². The van der Waals surface area contributed by atoms with E-state index in [2.05, 4.69) is 10.3 Å². The van der Waals surface area contributed by atoms with Crippen molar-refractivity contribution in [2.75, 3.05) is 18.1 Å². The Balaban J connectivity index is 2.79. The number of alkyl halides is 3. The van der Waals surface area contributed by atoms with Gasteiger partial charge < -0.3 is 5.32 Å². The number of nitrogens with zero attached hydrogens (tertiary/aromatic N) is 1. The summed E-state index contributed by atoms with van der Waals surface area (Å²) in [6, 6.07) is 2.70. The van der Waals surface area contributed by atoms with Gasteiger partial charge in [0.1, 0.15) is 10.7 Å². The van der Waals surface area contributed by atoms with Crippen LogP contribution < -0.4 is 5.32 Å². The highest BCUT2D eigenvalue weighted by Crippen LogP contribution is 2.21. The molecular formula is C9H11F3N2O2S. The van der Waals surface area contributed by atoms with Gasteiger partial charge in [-0.1, -0.05) is 0 Å². The van der Waals surface area contributed by atoms with Crippen molar-refractivity contribution in [1.29, 1.82) is 0 Å². The maximum Gasteiger partial charge on any atom is 0.390 e. The molecule has 1 heterocycles. The summed E-state index contributed by atoms with van der Waals surface area (Å²) in [6.45, 7) is -0.414. The zero-order valence-corrected chi connectivity index (χ0v) is 9.77. The van der Waals surface area contributed by atoms with Crippen LogP contribution in [0, 0.1) is 0 Å². The zero-order chi connectivity index (χ0) is 13.1. The zero-order valence-electron chi connectivity index (χ0n) is 8.95. The number of rotatable bonds is 4. The summed E-state index contributed by atoms with van der Waals surface area (Å²) >= 11 is 0. The van der Waals surface area contributed by atoms with Gasteiger partial charge in [-0.3, -0.25) is 0 Å². The largest absolute Gasteiger partial charge is 0.390 e. The molecule has 4 nitrogen and oxygen atoms in total. The molecule has 8 heteroatoms. The number of anilines is 1. The SMILES string of the molecule is CS(=O)(=O)c1cccnc1NCCC(F)(F)F. The molecule has 0 aromatic carbocycles. The maximum absolute atomic E-state index is 11.9. The van der Waals surface area contributed by atoms with Crippen molar-refractivity contribution in [2.24, 2.45) is 0 Å². The first-order valence-electron chi connectivity index (χ1n) is 4.66. The number of hydrogen-bond acceptors (Lipinski definition) is 4. The van der Waals surface area contributed by atoms with Crippen molar-refractivity contribution >= 4 is 15.7 Å². The fourth-order valence-corrected chi connectivity index (χ4v) is 1.95. The molecule has 1 rings (SSSR count). The molecule has 0 radical (unpaired) electrons. The van der Waals surface area contributed by atoms with Gasteiger partial charge in [0, 0.05) is 19.0 Å². The Morgan fingerprint density at radius 1 is 1.41 bits per heavy atom. The van der Waals surface area contributed by atoms with Crippen LogP contribution in [0.5, 0.6) is 0 Å². The second kappa shape index (κ2) is 4.91.